The first-order valence-corrected chi connectivity index (χ1v) is 11.5. The number of carbonyl (C=O) groups excluding carboxylic acids is 2. The minimum absolute atomic E-state index is 0.0443. The maximum Gasteiger partial charge on any atom is 0.280 e. The van der Waals surface area contributed by atoms with Crippen LogP contribution in [0.5, 0.6) is 0 Å². The summed E-state index contributed by atoms with van der Waals surface area (Å²) in [5, 5.41) is 13.5. The van der Waals surface area contributed by atoms with Crippen molar-refractivity contribution in [2.24, 2.45) is 0 Å². The second-order valence-electron chi connectivity index (χ2n) is 8.19. The number of hydrogen-bond acceptors (Lipinski definition) is 5. The van der Waals surface area contributed by atoms with E-state index in [2.05, 4.69) is 25.8 Å². The Labute approximate surface area is 213 Å². The molecular formula is C26H20F3N7O2. The molecule has 38 heavy (non-hydrogen) atoms. The van der Waals surface area contributed by atoms with Crippen LogP contribution >= 0.6 is 0 Å². The van der Waals surface area contributed by atoms with E-state index < -0.39 is 23.8 Å². The number of alkyl halides is 2. The molecule has 12 heteroatoms. The minimum Gasteiger partial charge on any atom is -0.322 e. The quantitative estimate of drug-likeness (QED) is 0.308. The third kappa shape index (κ3) is 4.83. The number of nitrogens with one attached hydrogen (secondary N) is 2. The van der Waals surface area contributed by atoms with Crippen molar-refractivity contribution < 1.29 is 22.8 Å². The maximum atomic E-state index is 13.8. The van der Waals surface area contributed by atoms with E-state index in [-0.39, 0.29) is 22.8 Å². The molecule has 0 aliphatic rings. The van der Waals surface area contributed by atoms with Gasteiger partial charge >= 0.3 is 0 Å². The Hall–Kier alpha value is -5.00. The fourth-order valence-corrected chi connectivity index (χ4v) is 3.92. The number of hydrogen-bond donors (Lipinski definition) is 2. The lowest BCUT2D eigenvalue weighted by atomic mass is 10.1. The molecule has 0 saturated carbocycles. The van der Waals surface area contributed by atoms with E-state index in [0.717, 1.165) is 16.8 Å². The summed E-state index contributed by atoms with van der Waals surface area (Å²) in [6.45, 7) is 2.39. The van der Waals surface area contributed by atoms with Gasteiger partial charge in [0.05, 0.1) is 11.9 Å². The van der Waals surface area contributed by atoms with Crippen LogP contribution in [-0.4, -0.2) is 36.2 Å². The largest absolute Gasteiger partial charge is 0.322 e. The van der Waals surface area contributed by atoms with Gasteiger partial charge < -0.3 is 10.6 Å². The summed E-state index contributed by atoms with van der Waals surface area (Å²) in [5.74, 6) is -1.49. The van der Waals surface area contributed by atoms with Gasteiger partial charge in [-0.05, 0) is 61.5 Å². The molecule has 5 aromatic rings. The molecule has 0 bridgehead atoms. The molecule has 192 valence electrons. The topological polar surface area (TPSA) is 106 Å². The number of halogens is 3. The number of anilines is 2. The molecule has 0 radical (unpaired) electrons. The zero-order valence-electron chi connectivity index (χ0n) is 19.9. The SMILES string of the molecule is CCn1nccc1C(=O)Nc1cccc(NC(=O)c2cnn3c(C(F)F)cc(-c4ccc(F)cc4)nc23)c1. The van der Waals surface area contributed by atoms with E-state index in [1.807, 2.05) is 6.92 Å². The summed E-state index contributed by atoms with van der Waals surface area (Å²) in [4.78, 5) is 30.1. The Morgan fingerprint density at radius 1 is 0.947 bits per heavy atom. The summed E-state index contributed by atoms with van der Waals surface area (Å²) in [7, 11) is 0. The van der Waals surface area contributed by atoms with E-state index >= 15 is 0 Å². The molecule has 2 amide bonds. The molecule has 5 rings (SSSR count). The van der Waals surface area contributed by atoms with E-state index in [1.54, 1.807) is 35.0 Å². The van der Waals surface area contributed by atoms with Gasteiger partial charge in [-0.2, -0.15) is 10.2 Å². The van der Waals surface area contributed by atoms with Crippen molar-refractivity contribution in [3.63, 3.8) is 0 Å². The van der Waals surface area contributed by atoms with Gasteiger partial charge in [0.25, 0.3) is 18.2 Å². The van der Waals surface area contributed by atoms with Crippen molar-refractivity contribution in [3.05, 3.63) is 95.8 Å². The van der Waals surface area contributed by atoms with Crippen LogP contribution in [-0.2, 0) is 6.54 Å². The van der Waals surface area contributed by atoms with Gasteiger partial charge in [0.1, 0.15) is 22.8 Å². The van der Waals surface area contributed by atoms with Gasteiger partial charge in [-0.1, -0.05) is 6.07 Å². The first kappa shape index (κ1) is 24.7. The lowest BCUT2D eigenvalue weighted by Gasteiger charge is -2.10. The van der Waals surface area contributed by atoms with Crippen LogP contribution < -0.4 is 10.6 Å². The highest BCUT2D eigenvalue weighted by Crippen LogP contribution is 2.27. The van der Waals surface area contributed by atoms with Crippen LogP contribution in [0.1, 0.15) is 39.9 Å². The highest BCUT2D eigenvalue weighted by molar-refractivity contribution is 6.09. The molecule has 0 unspecified atom stereocenters. The van der Waals surface area contributed by atoms with Crippen molar-refractivity contribution in [3.8, 4) is 11.3 Å². The van der Waals surface area contributed by atoms with E-state index in [4.69, 9.17) is 0 Å². The number of fused-ring (bicyclic) bond motifs is 1. The Morgan fingerprint density at radius 2 is 1.66 bits per heavy atom. The zero-order valence-corrected chi connectivity index (χ0v) is 19.9. The fraction of sp³-hybridized carbons (Fsp3) is 0.115. The average Bonchev–Trinajstić information content (AvgIpc) is 3.56. The first-order valence-electron chi connectivity index (χ1n) is 11.5. The second-order valence-corrected chi connectivity index (χ2v) is 8.19. The summed E-state index contributed by atoms with van der Waals surface area (Å²) >= 11 is 0. The number of amides is 2. The van der Waals surface area contributed by atoms with Crippen LogP contribution in [0.25, 0.3) is 16.9 Å². The summed E-state index contributed by atoms with van der Waals surface area (Å²) in [5.41, 5.74) is 1.09. The third-order valence-electron chi connectivity index (χ3n) is 5.73. The van der Waals surface area contributed by atoms with Gasteiger partial charge in [-0.25, -0.2) is 22.7 Å². The molecular weight excluding hydrogens is 499 g/mol. The molecule has 2 aromatic carbocycles. The van der Waals surface area contributed by atoms with Crippen LogP contribution in [0.15, 0.2) is 73.1 Å². The van der Waals surface area contributed by atoms with Gasteiger partial charge in [0.15, 0.2) is 5.65 Å². The Kier molecular flexibility index (Phi) is 6.60. The number of aromatic nitrogens is 5. The standard InChI is InChI=1S/C26H20F3N7O2/c1-2-35-21(10-11-30-35)26(38)33-18-5-3-4-17(12-18)32-25(37)19-14-31-36-22(23(28)29)13-20(34-24(19)36)15-6-8-16(27)9-7-15/h3-14,23H,2H2,1H3,(H,32,37)(H,33,38). The summed E-state index contributed by atoms with van der Waals surface area (Å²) in [6, 6.07) is 14.4. The molecule has 2 N–H and O–H groups in total. The number of benzene rings is 2. The Bertz CT molecular complexity index is 1640. The lowest BCUT2D eigenvalue weighted by Crippen LogP contribution is -2.17. The van der Waals surface area contributed by atoms with Crippen molar-refractivity contribution in [2.75, 3.05) is 10.6 Å². The predicted octanol–water partition coefficient (Wildman–Crippen LogP) is 5.19. The molecule has 0 aliphatic carbocycles. The lowest BCUT2D eigenvalue weighted by molar-refractivity contribution is 0.101. The van der Waals surface area contributed by atoms with E-state index in [0.29, 0.717) is 29.2 Å². The predicted molar refractivity (Wildman–Crippen MR) is 134 cm³/mol. The van der Waals surface area contributed by atoms with E-state index in [1.165, 1.54) is 30.5 Å². The third-order valence-corrected chi connectivity index (χ3v) is 5.73. The Morgan fingerprint density at radius 3 is 2.34 bits per heavy atom. The van der Waals surface area contributed by atoms with Crippen LogP contribution in [0.3, 0.4) is 0 Å². The van der Waals surface area contributed by atoms with Gasteiger partial charge in [-0.3, -0.25) is 14.3 Å². The molecule has 3 aromatic heterocycles. The van der Waals surface area contributed by atoms with Gasteiger partial charge in [0, 0.05) is 29.7 Å². The molecule has 0 aliphatic heterocycles. The monoisotopic (exact) mass is 519 g/mol. The van der Waals surface area contributed by atoms with Crippen molar-refractivity contribution in [1.82, 2.24) is 24.4 Å². The molecule has 3 heterocycles. The molecule has 9 nitrogen and oxygen atoms in total. The van der Waals surface area contributed by atoms with E-state index in [9.17, 15) is 22.8 Å². The molecule has 0 atom stereocenters. The number of aryl methyl sites for hydroxylation is 1. The fourth-order valence-electron chi connectivity index (χ4n) is 3.92. The highest BCUT2D eigenvalue weighted by Gasteiger charge is 2.22. The zero-order chi connectivity index (χ0) is 26.8. The van der Waals surface area contributed by atoms with Crippen LogP contribution in [0.4, 0.5) is 24.5 Å². The van der Waals surface area contributed by atoms with Crippen LogP contribution in [0.2, 0.25) is 0 Å². The number of carbonyl (C=O) groups is 2. The smallest absolute Gasteiger partial charge is 0.280 e. The number of nitrogens with zero attached hydrogens (tertiary/aromatic N) is 5. The summed E-state index contributed by atoms with van der Waals surface area (Å²) < 4.78 is 43.5. The molecule has 0 spiro atoms. The van der Waals surface area contributed by atoms with Gasteiger partial charge in [0.2, 0.25) is 0 Å². The van der Waals surface area contributed by atoms with Crippen molar-refractivity contribution in [2.45, 2.75) is 19.9 Å². The average molecular weight is 519 g/mol. The Balaban J connectivity index is 1.43. The van der Waals surface area contributed by atoms with Crippen molar-refractivity contribution >= 4 is 28.8 Å². The highest BCUT2D eigenvalue weighted by atomic mass is 19.3. The van der Waals surface area contributed by atoms with Gasteiger partial charge in [-0.15, -0.1) is 0 Å². The molecule has 0 fully saturated rings. The molecule has 0 saturated heterocycles. The maximum absolute atomic E-state index is 13.8. The first-order chi connectivity index (χ1) is 18.3. The second kappa shape index (κ2) is 10.2. The minimum atomic E-state index is -2.90. The van der Waals surface area contributed by atoms with Crippen LogP contribution in [0, 0.1) is 5.82 Å². The summed E-state index contributed by atoms with van der Waals surface area (Å²) in [6.07, 6.45) is -0.227. The van der Waals surface area contributed by atoms with Crippen molar-refractivity contribution in [1.29, 1.82) is 0 Å². The normalized spacial score (nSPS) is 11.2. The number of rotatable bonds is 7.